The van der Waals surface area contributed by atoms with E-state index in [1.807, 2.05) is 0 Å². The van der Waals surface area contributed by atoms with Crippen molar-refractivity contribution in [3.05, 3.63) is 29.6 Å². The van der Waals surface area contributed by atoms with E-state index < -0.39 is 5.97 Å². The van der Waals surface area contributed by atoms with Crippen LogP contribution in [0.15, 0.2) is 18.3 Å². The summed E-state index contributed by atoms with van der Waals surface area (Å²) in [6, 6.07) is 3.13. The summed E-state index contributed by atoms with van der Waals surface area (Å²) in [5, 5.41) is 8.82. The lowest BCUT2D eigenvalue weighted by Crippen LogP contribution is -2.22. The highest BCUT2D eigenvalue weighted by Gasteiger charge is 2.06. The van der Waals surface area contributed by atoms with Crippen LogP contribution in [-0.2, 0) is 6.54 Å². The number of carboxylic acid groups (broad SMARTS) is 1. The first-order chi connectivity index (χ1) is 7.17. The zero-order valence-electron chi connectivity index (χ0n) is 9.10. The summed E-state index contributed by atoms with van der Waals surface area (Å²) in [7, 11) is 0. The molecule has 1 N–H and O–H groups in total. The van der Waals surface area contributed by atoms with Crippen LogP contribution in [0, 0.1) is 0 Å². The van der Waals surface area contributed by atoms with Gasteiger partial charge in [0.15, 0.2) is 0 Å². The van der Waals surface area contributed by atoms with Crippen LogP contribution in [0.4, 0.5) is 0 Å². The topological polar surface area (TPSA) is 53.4 Å². The highest BCUT2D eigenvalue weighted by molar-refractivity contribution is 5.87. The van der Waals surface area contributed by atoms with Gasteiger partial charge in [0.1, 0.15) is 0 Å². The lowest BCUT2D eigenvalue weighted by molar-refractivity contribution is 0.0696. The Morgan fingerprint density at radius 2 is 2.13 bits per heavy atom. The van der Waals surface area contributed by atoms with Gasteiger partial charge in [0, 0.05) is 12.7 Å². The molecule has 0 amide bonds. The van der Waals surface area contributed by atoms with Gasteiger partial charge in [-0.25, -0.2) is 4.79 Å². The van der Waals surface area contributed by atoms with E-state index in [0.717, 1.165) is 18.8 Å². The average molecular weight is 208 g/mol. The minimum Gasteiger partial charge on any atom is -0.478 e. The normalized spacial score (nSPS) is 10.6. The Bertz CT molecular complexity index is 335. The molecule has 0 unspecified atom stereocenters. The van der Waals surface area contributed by atoms with Gasteiger partial charge in [0.05, 0.1) is 11.3 Å². The molecule has 15 heavy (non-hydrogen) atoms. The molecule has 82 valence electrons. The second kappa shape index (κ2) is 5.46. The summed E-state index contributed by atoms with van der Waals surface area (Å²) in [5.41, 5.74) is 1.10. The number of aromatic nitrogens is 1. The fourth-order valence-electron chi connectivity index (χ4n) is 1.37. The third-order valence-electron chi connectivity index (χ3n) is 2.34. The van der Waals surface area contributed by atoms with E-state index in [1.54, 1.807) is 12.3 Å². The van der Waals surface area contributed by atoms with Gasteiger partial charge < -0.3 is 5.11 Å². The molecular weight excluding hydrogens is 192 g/mol. The monoisotopic (exact) mass is 208 g/mol. The number of hydrogen-bond donors (Lipinski definition) is 1. The van der Waals surface area contributed by atoms with Gasteiger partial charge in [0.25, 0.3) is 0 Å². The second-order valence-electron chi connectivity index (χ2n) is 3.30. The Morgan fingerprint density at radius 1 is 1.47 bits per heavy atom. The van der Waals surface area contributed by atoms with Gasteiger partial charge in [-0.05, 0) is 25.2 Å². The molecule has 0 spiro atoms. The van der Waals surface area contributed by atoms with Crippen molar-refractivity contribution in [2.75, 3.05) is 13.1 Å². The molecule has 1 rings (SSSR count). The largest absolute Gasteiger partial charge is 0.478 e. The van der Waals surface area contributed by atoms with Crippen molar-refractivity contribution in [1.82, 2.24) is 9.88 Å². The molecule has 1 heterocycles. The smallest absolute Gasteiger partial charge is 0.335 e. The molecule has 0 bridgehead atoms. The molecule has 0 aliphatic rings. The molecule has 0 atom stereocenters. The minimum absolute atomic E-state index is 0.298. The summed E-state index contributed by atoms with van der Waals surface area (Å²) in [6.07, 6.45) is 1.54. The molecule has 0 aliphatic carbocycles. The zero-order valence-corrected chi connectivity index (χ0v) is 9.10. The maximum atomic E-state index is 10.7. The minimum atomic E-state index is -0.904. The predicted octanol–water partition coefficient (Wildman–Crippen LogP) is 1.62. The molecule has 0 fully saturated rings. The molecule has 0 aromatic carbocycles. The molecule has 4 nitrogen and oxygen atoms in total. The summed E-state index contributed by atoms with van der Waals surface area (Å²) in [5.74, 6) is -0.904. The third kappa shape index (κ3) is 3.32. The number of aromatic carboxylic acids is 1. The van der Waals surface area contributed by atoms with Crippen molar-refractivity contribution in [1.29, 1.82) is 0 Å². The molecular formula is C11H16N2O2. The number of nitrogens with zero attached hydrogens (tertiary/aromatic N) is 2. The van der Waals surface area contributed by atoms with E-state index in [4.69, 9.17) is 5.11 Å². The molecule has 1 aromatic heterocycles. The molecule has 0 radical (unpaired) electrons. The van der Waals surface area contributed by atoms with Gasteiger partial charge >= 0.3 is 5.97 Å². The van der Waals surface area contributed by atoms with Crippen LogP contribution in [0.5, 0.6) is 0 Å². The third-order valence-corrected chi connectivity index (χ3v) is 2.34. The Morgan fingerprint density at radius 3 is 2.67 bits per heavy atom. The van der Waals surface area contributed by atoms with Crippen LogP contribution < -0.4 is 0 Å². The van der Waals surface area contributed by atoms with Crippen LogP contribution >= 0.6 is 0 Å². The second-order valence-corrected chi connectivity index (χ2v) is 3.30. The van der Waals surface area contributed by atoms with Crippen molar-refractivity contribution >= 4 is 5.97 Å². The van der Waals surface area contributed by atoms with Crippen LogP contribution in [0.3, 0.4) is 0 Å². The number of pyridine rings is 1. The van der Waals surface area contributed by atoms with E-state index in [-0.39, 0.29) is 0 Å². The maximum absolute atomic E-state index is 10.7. The first-order valence-electron chi connectivity index (χ1n) is 5.08. The standard InChI is InChI=1S/C11H16N2O2/c1-3-13(4-2)8-10-7-9(11(14)15)5-6-12-10/h5-7H,3-4,8H2,1-2H3,(H,14,15). The first-order valence-corrected chi connectivity index (χ1v) is 5.08. The Hall–Kier alpha value is -1.42. The van der Waals surface area contributed by atoms with Crippen molar-refractivity contribution in [2.24, 2.45) is 0 Å². The van der Waals surface area contributed by atoms with Crippen molar-refractivity contribution in [2.45, 2.75) is 20.4 Å². The van der Waals surface area contributed by atoms with Crippen LogP contribution in [-0.4, -0.2) is 34.0 Å². The predicted molar refractivity (Wildman–Crippen MR) is 57.8 cm³/mol. The summed E-state index contributed by atoms with van der Waals surface area (Å²) in [4.78, 5) is 17.1. The van der Waals surface area contributed by atoms with E-state index in [0.29, 0.717) is 12.1 Å². The van der Waals surface area contributed by atoms with E-state index in [1.165, 1.54) is 6.07 Å². The fraction of sp³-hybridized carbons (Fsp3) is 0.455. The lowest BCUT2D eigenvalue weighted by atomic mass is 10.2. The van der Waals surface area contributed by atoms with Crippen molar-refractivity contribution < 1.29 is 9.90 Å². The first kappa shape index (κ1) is 11.7. The number of rotatable bonds is 5. The summed E-state index contributed by atoms with van der Waals surface area (Å²) >= 11 is 0. The SMILES string of the molecule is CCN(CC)Cc1cc(C(=O)O)ccn1. The Balaban J connectivity index is 2.77. The van der Waals surface area contributed by atoms with Crippen LogP contribution in [0.2, 0.25) is 0 Å². The van der Waals surface area contributed by atoms with E-state index >= 15 is 0 Å². The van der Waals surface area contributed by atoms with Crippen molar-refractivity contribution in [3.63, 3.8) is 0 Å². The van der Waals surface area contributed by atoms with Crippen molar-refractivity contribution in [3.8, 4) is 0 Å². The van der Waals surface area contributed by atoms with Gasteiger partial charge in [-0.1, -0.05) is 13.8 Å². The highest BCUT2D eigenvalue weighted by atomic mass is 16.4. The fourth-order valence-corrected chi connectivity index (χ4v) is 1.37. The van der Waals surface area contributed by atoms with E-state index in [9.17, 15) is 4.79 Å². The Kier molecular flexibility index (Phi) is 4.24. The zero-order chi connectivity index (χ0) is 11.3. The van der Waals surface area contributed by atoms with E-state index in [2.05, 4.69) is 23.7 Å². The lowest BCUT2D eigenvalue weighted by Gasteiger charge is -2.17. The molecule has 1 aromatic rings. The van der Waals surface area contributed by atoms with Crippen LogP contribution in [0.1, 0.15) is 29.9 Å². The number of carboxylic acids is 1. The highest BCUT2D eigenvalue weighted by Crippen LogP contribution is 2.05. The van der Waals surface area contributed by atoms with Gasteiger partial charge in [-0.3, -0.25) is 9.88 Å². The number of carbonyl (C=O) groups is 1. The van der Waals surface area contributed by atoms with Gasteiger partial charge in [-0.2, -0.15) is 0 Å². The van der Waals surface area contributed by atoms with Crippen LogP contribution in [0.25, 0.3) is 0 Å². The number of hydrogen-bond acceptors (Lipinski definition) is 3. The molecule has 0 saturated heterocycles. The molecule has 4 heteroatoms. The summed E-state index contributed by atoms with van der Waals surface area (Å²) < 4.78 is 0. The van der Waals surface area contributed by atoms with Gasteiger partial charge in [-0.15, -0.1) is 0 Å². The maximum Gasteiger partial charge on any atom is 0.335 e. The summed E-state index contributed by atoms with van der Waals surface area (Å²) in [6.45, 7) is 6.73. The average Bonchev–Trinajstić information content (AvgIpc) is 2.26. The van der Waals surface area contributed by atoms with Gasteiger partial charge in [0.2, 0.25) is 0 Å². The molecule has 0 saturated carbocycles. The Labute approximate surface area is 89.6 Å². The molecule has 0 aliphatic heterocycles. The quantitative estimate of drug-likeness (QED) is 0.799.